The summed E-state index contributed by atoms with van der Waals surface area (Å²) >= 11 is 1.53. The minimum absolute atomic E-state index is 0.0708. The highest BCUT2D eigenvalue weighted by molar-refractivity contribution is 7.10. The summed E-state index contributed by atoms with van der Waals surface area (Å²) in [5.41, 5.74) is 0. The van der Waals surface area contributed by atoms with Crippen molar-refractivity contribution < 1.29 is 14.3 Å². The lowest BCUT2D eigenvalue weighted by Gasteiger charge is -2.20. The minimum atomic E-state index is -0.324. The zero-order valence-electron chi connectivity index (χ0n) is 13.8. The maximum absolute atomic E-state index is 12.2. The summed E-state index contributed by atoms with van der Waals surface area (Å²) in [4.78, 5) is 25.1. The smallest absolute Gasteiger partial charge is 0.309 e. The van der Waals surface area contributed by atoms with E-state index in [4.69, 9.17) is 4.74 Å². The predicted octanol–water partition coefficient (Wildman–Crippen LogP) is 3.87. The van der Waals surface area contributed by atoms with Crippen LogP contribution in [0, 0.1) is 11.8 Å². The number of amides is 1. The van der Waals surface area contributed by atoms with E-state index in [-0.39, 0.29) is 36.4 Å². The summed E-state index contributed by atoms with van der Waals surface area (Å²) in [6.07, 6.45) is 4.60. The molecule has 23 heavy (non-hydrogen) atoms. The first kappa shape index (κ1) is 19.2. The van der Waals surface area contributed by atoms with Crippen LogP contribution in [0.3, 0.4) is 0 Å². The molecule has 0 unspecified atom stereocenters. The first-order chi connectivity index (χ1) is 11.0. The van der Waals surface area contributed by atoms with Crippen LogP contribution >= 0.6 is 11.3 Å². The molecule has 0 radical (unpaired) electrons. The van der Waals surface area contributed by atoms with E-state index >= 15 is 0 Å². The number of thiophene rings is 1. The van der Waals surface area contributed by atoms with Crippen molar-refractivity contribution >= 4 is 23.2 Å². The SMILES string of the molecule is C=CC[C@H](C)C(=O)N[C@H](COC(=O)[C@@H](C)CC=C)c1cccs1. The molecular weight excluding hydrogens is 310 g/mol. The highest BCUT2D eigenvalue weighted by atomic mass is 32.1. The molecule has 0 spiro atoms. The Bertz CT molecular complexity index is 524. The summed E-state index contributed by atoms with van der Waals surface area (Å²) in [6, 6.07) is 3.51. The first-order valence-electron chi connectivity index (χ1n) is 7.71. The number of nitrogens with one attached hydrogen (secondary N) is 1. The third kappa shape index (κ3) is 6.40. The summed E-state index contributed by atoms with van der Waals surface area (Å²) in [6.45, 7) is 11.1. The molecule has 1 aromatic heterocycles. The van der Waals surface area contributed by atoms with E-state index in [0.29, 0.717) is 12.8 Å². The second kappa shape index (κ2) is 10.0. The van der Waals surface area contributed by atoms with E-state index < -0.39 is 0 Å². The van der Waals surface area contributed by atoms with Gasteiger partial charge >= 0.3 is 5.97 Å². The van der Waals surface area contributed by atoms with Gasteiger partial charge in [-0.05, 0) is 24.3 Å². The van der Waals surface area contributed by atoms with Gasteiger partial charge in [-0.3, -0.25) is 9.59 Å². The molecule has 1 heterocycles. The molecular formula is C18H25NO3S. The van der Waals surface area contributed by atoms with Gasteiger partial charge in [0, 0.05) is 10.8 Å². The third-order valence-electron chi connectivity index (χ3n) is 3.49. The van der Waals surface area contributed by atoms with Crippen molar-refractivity contribution in [2.45, 2.75) is 32.7 Å². The Morgan fingerprint density at radius 2 is 1.91 bits per heavy atom. The van der Waals surface area contributed by atoms with Gasteiger partial charge in [0.05, 0.1) is 12.0 Å². The van der Waals surface area contributed by atoms with Crippen molar-refractivity contribution in [3.63, 3.8) is 0 Å². The highest BCUT2D eigenvalue weighted by Crippen LogP contribution is 2.21. The standard InChI is InChI=1S/C18H25NO3S/c1-5-8-13(3)17(20)19-15(16-10-7-11-23-16)12-22-18(21)14(4)9-6-2/h5-7,10-11,13-15H,1-2,8-9,12H2,3-4H3,(H,19,20)/t13-,14-,15+/m0/s1. The largest absolute Gasteiger partial charge is 0.463 e. The second-order valence-electron chi connectivity index (χ2n) is 5.56. The maximum Gasteiger partial charge on any atom is 0.309 e. The third-order valence-corrected chi connectivity index (χ3v) is 4.47. The molecule has 3 atom stereocenters. The molecule has 1 N–H and O–H groups in total. The lowest BCUT2D eigenvalue weighted by molar-refractivity contribution is -0.149. The second-order valence-corrected chi connectivity index (χ2v) is 6.54. The summed E-state index contributed by atoms with van der Waals surface area (Å²) in [5.74, 6) is -0.740. The molecule has 1 amide bonds. The fourth-order valence-electron chi connectivity index (χ4n) is 2.01. The molecule has 5 heteroatoms. The van der Waals surface area contributed by atoms with Crippen LogP contribution in [-0.4, -0.2) is 18.5 Å². The van der Waals surface area contributed by atoms with Crippen LogP contribution in [0.15, 0.2) is 42.8 Å². The first-order valence-corrected chi connectivity index (χ1v) is 8.59. The summed E-state index contributed by atoms with van der Waals surface area (Å²) < 4.78 is 5.37. The number of allylic oxidation sites excluding steroid dienone is 2. The van der Waals surface area contributed by atoms with E-state index in [1.807, 2.05) is 24.4 Å². The number of carbonyl (C=O) groups excluding carboxylic acids is 2. The Hall–Kier alpha value is -1.88. The summed E-state index contributed by atoms with van der Waals surface area (Å²) in [7, 11) is 0. The van der Waals surface area contributed by atoms with Gasteiger partial charge in [-0.1, -0.05) is 32.1 Å². The van der Waals surface area contributed by atoms with E-state index in [1.165, 1.54) is 11.3 Å². The van der Waals surface area contributed by atoms with Crippen molar-refractivity contribution in [1.82, 2.24) is 5.32 Å². The number of ether oxygens (including phenoxy) is 1. The van der Waals surface area contributed by atoms with Crippen LogP contribution in [0.25, 0.3) is 0 Å². The minimum Gasteiger partial charge on any atom is -0.463 e. The van der Waals surface area contributed by atoms with Crippen LogP contribution in [0.5, 0.6) is 0 Å². The van der Waals surface area contributed by atoms with Crippen molar-refractivity contribution in [2.24, 2.45) is 11.8 Å². The number of rotatable bonds is 10. The van der Waals surface area contributed by atoms with E-state index in [1.54, 1.807) is 19.1 Å². The van der Waals surface area contributed by atoms with E-state index in [2.05, 4.69) is 18.5 Å². The molecule has 0 aromatic carbocycles. The van der Waals surface area contributed by atoms with Gasteiger partial charge in [0.15, 0.2) is 0 Å². The fraction of sp³-hybridized carbons (Fsp3) is 0.444. The van der Waals surface area contributed by atoms with Gasteiger partial charge in [0.25, 0.3) is 0 Å². The lowest BCUT2D eigenvalue weighted by atomic mass is 10.1. The highest BCUT2D eigenvalue weighted by Gasteiger charge is 2.22. The molecule has 0 bridgehead atoms. The average Bonchev–Trinajstić information content (AvgIpc) is 3.05. The van der Waals surface area contributed by atoms with Crippen LogP contribution in [0.4, 0.5) is 0 Å². The van der Waals surface area contributed by atoms with Crippen LogP contribution < -0.4 is 5.32 Å². The average molecular weight is 335 g/mol. The number of carbonyl (C=O) groups is 2. The molecule has 0 aliphatic heterocycles. The fourth-order valence-corrected chi connectivity index (χ4v) is 2.77. The molecule has 0 fully saturated rings. The number of hydrogen-bond donors (Lipinski definition) is 1. The molecule has 4 nitrogen and oxygen atoms in total. The lowest BCUT2D eigenvalue weighted by Crippen LogP contribution is -2.35. The molecule has 0 aliphatic carbocycles. The molecule has 0 aliphatic rings. The van der Waals surface area contributed by atoms with Gasteiger partial charge in [-0.15, -0.1) is 24.5 Å². The van der Waals surface area contributed by atoms with Crippen molar-refractivity contribution in [2.75, 3.05) is 6.61 Å². The van der Waals surface area contributed by atoms with E-state index in [9.17, 15) is 9.59 Å². The van der Waals surface area contributed by atoms with Crippen molar-refractivity contribution in [1.29, 1.82) is 0 Å². The molecule has 1 aromatic rings. The molecule has 1 rings (SSSR count). The monoisotopic (exact) mass is 335 g/mol. The normalized spacial score (nSPS) is 14.3. The summed E-state index contributed by atoms with van der Waals surface area (Å²) in [5, 5.41) is 4.89. The Kier molecular flexibility index (Phi) is 8.33. The number of esters is 1. The zero-order valence-corrected chi connectivity index (χ0v) is 14.6. The van der Waals surface area contributed by atoms with E-state index in [0.717, 1.165) is 4.88 Å². The Morgan fingerprint density at radius 3 is 2.48 bits per heavy atom. The van der Waals surface area contributed by atoms with Gasteiger partial charge < -0.3 is 10.1 Å². The zero-order chi connectivity index (χ0) is 17.2. The molecule has 0 saturated carbocycles. The van der Waals surface area contributed by atoms with Gasteiger partial charge in [0.2, 0.25) is 5.91 Å². The van der Waals surface area contributed by atoms with Gasteiger partial charge in [-0.25, -0.2) is 0 Å². The molecule has 0 saturated heterocycles. The van der Waals surface area contributed by atoms with Crippen molar-refractivity contribution in [3.8, 4) is 0 Å². The quantitative estimate of drug-likeness (QED) is 0.521. The van der Waals surface area contributed by atoms with Crippen molar-refractivity contribution in [3.05, 3.63) is 47.7 Å². The maximum atomic E-state index is 12.2. The Labute approximate surface area is 142 Å². The molecule has 126 valence electrons. The Morgan fingerprint density at radius 1 is 1.26 bits per heavy atom. The Balaban J connectivity index is 2.67. The van der Waals surface area contributed by atoms with Crippen LogP contribution in [0.2, 0.25) is 0 Å². The topological polar surface area (TPSA) is 55.4 Å². The van der Waals surface area contributed by atoms with Crippen LogP contribution in [0.1, 0.15) is 37.6 Å². The number of hydrogen-bond acceptors (Lipinski definition) is 4. The van der Waals surface area contributed by atoms with Gasteiger partial charge in [0.1, 0.15) is 6.61 Å². The van der Waals surface area contributed by atoms with Crippen LogP contribution in [-0.2, 0) is 14.3 Å². The predicted molar refractivity (Wildman–Crippen MR) is 94.1 cm³/mol. The van der Waals surface area contributed by atoms with Gasteiger partial charge in [-0.2, -0.15) is 0 Å².